The van der Waals surface area contributed by atoms with E-state index in [0.717, 1.165) is 70.5 Å². The lowest BCUT2D eigenvalue weighted by Gasteiger charge is -2.72. The van der Waals surface area contributed by atoms with Crippen molar-refractivity contribution >= 4 is 23.4 Å². The van der Waals surface area contributed by atoms with Crippen molar-refractivity contribution in [3.63, 3.8) is 0 Å². The molecule has 0 aliphatic heterocycles. The summed E-state index contributed by atoms with van der Waals surface area (Å²) in [6, 6.07) is 7.96. The highest BCUT2D eigenvalue weighted by Crippen LogP contribution is 2.77. The van der Waals surface area contributed by atoms with Gasteiger partial charge in [-0.2, -0.15) is 8.78 Å². The molecular weight excluding hydrogens is 672 g/mol. The molecule has 5 aliphatic carbocycles. The van der Waals surface area contributed by atoms with Crippen LogP contribution in [0.1, 0.15) is 136 Å². The number of rotatable bonds is 7. The van der Waals surface area contributed by atoms with Crippen LogP contribution >= 0.6 is 0 Å². The minimum atomic E-state index is -4.22. The molecule has 4 saturated carbocycles. The summed E-state index contributed by atoms with van der Waals surface area (Å²) in [4.78, 5) is 37.2. The van der Waals surface area contributed by atoms with Gasteiger partial charge in [0.05, 0.1) is 12.7 Å². The van der Waals surface area contributed by atoms with E-state index in [1.807, 2.05) is 32.9 Å². The number of amides is 1. The van der Waals surface area contributed by atoms with E-state index >= 15 is 0 Å². The van der Waals surface area contributed by atoms with Crippen LogP contribution in [0.4, 0.5) is 8.78 Å². The summed E-state index contributed by atoms with van der Waals surface area (Å²) >= 11 is 0. The summed E-state index contributed by atoms with van der Waals surface area (Å²) in [6.45, 7) is 24.8. The maximum atomic E-state index is 14.6. The number of ether oxygens (including phenoxy) is 2. The standard InChI is InChI=1S/C45H63F2NO5/c1-27(2)30-18-23-44(26-48-37(50)45(46,47)38(51)52-11)25-24-42(9)32(35(30)44)16-17-34-41(8)21-19-31(40(6,7)33(41)20-22-43(34,42)10)28-12-14-29(15-13-28)36(49)53-39(3,4)5/h12-15,19,30,32-35H,1,16-18,20-26H2,2-11H3,(H,48,50)/t30-,32+,33-,34+,35+,41-,42+,43+,44+/m0/s1. The van der Waals surface area contributed by atoms with E-state index in [1.165, 1.54) is 11.1 Å². The van der Waals surface area contributed by atoms with Crippen LogP contribution in [0, 0.1) is 56.7 Å². The Morgan fingerprint density at radius 2 is 1.55 bits per heavy atom. The van der Waals surface area contributed by atoms with Crippen molar-refractivity contribution in [2.45, 2.75) is 132 Å². The van der Waals surface area contributed by atoms with E-state index < -0.39 is 23.4 Å². The van der Waals surface area contributed by atoms with Gasteiger partial charge in [0, 0.05) is 6.54 Å². The van der Waals surface area contributed by atoms with E-state index in [2.05, 4.69) is 76.4 Å². The van der Waals surface area contributed by atoms with Crippen molar-refractivity contribution in [1.29, 1.82) is 0 Å². The number of alkyl halides is 2. The topological polar surface area (TPSA) is 81.7 Å². The van der Waals surface area contributed by atoms with Gasteiger partial charge in [-0.05, 0) is 165 Å². The number of hydrogen-bond acceptors (Lipinski definition) is 5. The number of nitrogens with one attached hydrogen (secondary N) is 1. The fourth-order valence-electron chi connectivity index (χ4n) is 13.4. The molecule has 0 saturated heterocycles. The zero-order chi connectivity index (χ0) is 39.2. The summed E-state index contributed by atoms with van der Waals surface area (Å²) in [5.74, 6) is -6.03. The Morgan fingerprint density at radius 1 is 0.887 bits per heavy atom. The van der Waals surface area contributed by atoms with Gasteiger partial charge in [-0.1, -0.05) is 65.0 Å². The smallest absolute Gasteiger partial charge is 0.418 e. The molecule has 1 aromatic carbocycles. The van der Waals surface area contributed by atoms with Gasteiger partial charge in [0.25, 0.3) is 0 Å². The van der Waals surface area contributed by atoms with Crippen molar-refractivity contribution < 1.29 is 32.6 Å². The van der Waals surface area contributed by atoms with E-state index in [4.69, 9.17) is 4.74 Å². The van der Waals surface area contributed by atoms with Crippen molar-refractivity contribution in [3.05, 3.63) is 53.6 Å². The second kappa shape index (κ2) is 13.0. The Labute approximate surface area is 316 Å². The van der Waals surface area contributed by atoms with Crippen molar-refractivity contribution in [2.75, 3.05) is 13.7 Å². The molecule has 0 unspecified atom stereocenters. The molecule has 5 aliphatic rings. The van der Waals surface area contributed by atoms with Crippen LogP contribution in [0.15, 0.2) is 42.5 Å². The molecule has 1 aromatic rings. The molecule has 6 rings (SSSR count). The third-order valence-electron chi connectivity index (χ3n) is 16.0. The second-order valence-electron chi connectivity index (χ2n) is 19.9. The summed E-state index contributed by atoms with van der Waals surface area (Å²) in [7, 11) is 0.872. The zero-order valence-electron chi connectivity index (χ0n) is 33.8. The number of esters is 2. The summed E-state index contributed by atoms with van der Waals surface area (Å²) in [5, 5.41) is 2.54. The van der Waals surface area contributed by atoms with Crippen LogP contribution in [0.5, 0.6) is 0 Å². The van der Waals surface area contributed by atoms with Gasteiger partial charge in [-0.25, -0.2) is 9.59 Å². The normalized spacial score (nSPS) is 37.5. The predicted molar refractivity (Wildman–Crippen MR) is 204 cm³/mol. The van der Waals surface area contributed by atoms with Crippen LogP contribution in [0.3, 0.4) is 0 Å². The van der Waals surface area contributed by atoms with Gasteiger partial charge in [0.1, 0.15) is 5.60 Å². The molecule has 1 amide bonds. The van der Waals surface area contributed by atoms with Gasteiger partial charge in [-0.15, -0.1) is 0 Å². The lowest BCUT2D eigenvalue weighted by molar-refractivity contribution is -0.225. The maximum Gasteiger partial charge on any atom is 0.418 e. The quantitative estimate of drug-likeness (QED) is 0.171. The predicted octanol–water partition coefficient (Wildman–Crippen LogP) is 10.2. The molecule has 0 bridgehead atoms. The molecule has 0 heterocycles. The minimum Gasteiger partial charge on any atom is -0.464 e. The first-order chi connectivity index (χ1) is 24.5. The SMILES string of the molecule is C=C(C)[C@@H]1CC[C@]2(CNC(=O)C(F)(F)C(=O)OC)CC[C@]3(C)[C@H](CC[C@@H]4[C@@]5(C)CC=C(c6ccc(C(=O)OC(C)(C)C)cc6)C(C)(C)[C@@H]5CC[C@]43C)[C@@H]12. The first kappa shape index (κ1) is 39.7. The summed E-state index contributed by atoms with van der Waals surface area (Å²) in [6.07, 6.45) is 11.6. The number of fused-ring (bicyclic) bond motifs is 7. The Kier molecular flexibility index (Phi) is 9.75. The van der Waals surface area contributed by atoms with Gasteiger partial charge in [-0.3, -0.25) is 4.79 Å². The number of hydrogen-bond donors (Lipinski definition) is 1. The Bertz CT molecular complexity index is 1690. The van der Waals surface area contributed by atoms with Gasteiger partial charge in [0.2, 0.25) is 0 Å². The first-order valence-electron chi connectivity index (χ1n) is 19.9. The van der Waals surface area contributed by atoms with Crippen LogP contribution < -0.4 is 5.32 Å². The highest BCUT2D eigenvalue weighted by atomic mass is 19.3. The fraction of sp³-hybridized carbons (Fsp3) is 0.711. The Balaban J connectivity index is 1.28. The van der Waals surface area contributed by atoms with E-state index in [9.17, 15) is 23.2 Å². The largest absolute Gasteiger partial charge is 0.464 e. The average Bonchev–Trinajstić information content (AvgIpc) is 3.46. The number of methoxy groups -OCH3 is 1. The molecular formula is C45H63F2NO5. The second-order valence-corrected chi connectivity index (χ2v) is 19.9. The Hall–Kier alpha value is -3.03. The molecule has 0 aromatic heterocycles. The average molecular weight is 736 g/mol. The molecule has 9 atom stereocenters. The Morgan fingerprint density at radius 3 is 2.15 bits per heavy atom. The monoisotopic (exact) mass is 735 g/mol. The summed E-state index contributed by atoms with van der Waals surface area (Å²) in [5.41, 5.74) is 3.54. The van der Waals surface area contributed by atoms with E-state index in [1.54, 1.807) is 0 Å². The number of allylic oxidation sites excluding steroid dienone is 3. The van der Waals surface area contributed by atoms with Crippen LogP contribution in [0.25, 0.3) is 5.57 Å². The van der Waals surface area contributed by atoms with Gasteiger partial charge < -0.3 is 14.8 Å². The summed E-state index contributed by atoms with van der Waals surface area (Å²) < 4.78 is 39.0. The van der Waals surface area contributed by atoms with Crippen LogP contribution in [-0.2, 0) is 19.1 Å². The van der Waals surface area contributed by atoms with E-state index in [-0.39, 0.29) is 51.4 Å². The third kappa shape index (κ3) is 6.11. The lowest BCUT2D eigenvalue weighted by atomic mass is 9.32. The lowest BCUT2D eigenvalue weighted by Crippen LogP contribution is -2.66. The molecule has 8 heteroatoms. The highest BCUT2D eigenvalue weighted by Gasteiger charge is 2.70. The number of carbonyl (C=O) groups excluding carboxylic acids is 3. The molecule has 0 spiro atoms. The van der Waals surface area contributed by atoms with Crippen LogP contribution in [-0.4, -0.2) is 43.0 Å². The minimum absolute atomic E-state index is 0.0433. The third-order valence-corrected chi connectivity index (χ3v) is 16.0. The van der Waals surface area contributed by atoms with Crippen molar-refractivity contribution in [1.82, 2.24) is 5.32 Å². The number of benzene rings is 1. The molecule has 53 heavy (non-hydrogen) atoms. The molecule has 4 fully saturated rings. The molecule has 6 nitrogen and oxygen atoms in total. The van der Waals surface area contributed by atoms with Gasteiger partial charge >= 0.3 is 23.8 Å². The fourth-order valence-corrected chi connectivity index (χ4v) is 13.4. The van der Waals surface area contributed by atoms with Crippen molar-refractivity contribution in [3.8, 4) is 0 Å². The number of carbonyl (C=O) groups is 3. The maximum absolute atomic E-state index is 14.6. The highest BCUT2D eigenvalue weighted by molar-refractivity contribution is 6.04. The number of halogens is 2. The van der Waals surface area contributed by atoms with Crippen LogP contribution in [0.2, 0.25) is 0 Å². The first-order valence-corrected chi connectivity index (χ1v) is 19.9. The van der Waals surface area contributed by atoms with Crippen molar-refractivity contribution in [2.24, 2.45) is 56.7 Å². The molecule has 292 valence electrons. The molecule has 1 N–H and O–H groups in total. The van der Waals surface area contributed by atoms with E-state index in [0.29, 0.717) is 23.3 Å². The zero-order valence-corrected chi connectivity index (χ0v) is 33.8. The molecule has 0 radical (unpaired) electrons. The van der Waals surface area contributed by atoms with Gasteiger partial charge in [0.15, 0.2) is 0 Å².